The molecule has 43 heavy (non-hydrogen) atoms. The number of amides is 1. The number of hydrogen-bond acceptors (Lipinski definition) is 9. The maximum atomic E-state index is 13.8. The molecule has 4 rings (SSSR count). The largest absolute Gasteiger partial charge is 0.359 e. The minimum absolute atomic E-state index is 0.0277. The first kappa shape index (κ1) is 31.6. The first-order valence-corrected chi connectivity index (χ1v) is 15.1. The van der Waals surface area contributed by atoms with Gasteiger partial charge in [-0.1, -0.05) is 48.8 Å². The summed E-state index contributed by atoms with van der Waals surface area (Å²) in [5.41, 5.74) is 4.12. The molecular weight excluding hydrogens is 562 g/mol. The lowest BCUT2D eigenvalue weighted by Gasteiger charge is -2.19. The lowest BCUT2D eigenvalue weighted by molar-refractivity contribution is -0.128. The van der Waals surface area contributed by atoms with Crippen molar-refractivity contribution in [2.24, 2.45) is 0 Å². The Morgan fingerprint density at radius 2 is 1.77 bits per heavy atom. The number of rotatable bonds is 13. The molecule has 4 aromatic rings. The third-order valence-electron chi connectivity index (χ3n) is 7.27. The second-order valence-corrected chi connectivity index (χ2v) is 11.5. The fourth-order valence-corrected chi connectivity index (χ4v) is 5.25. The van der Waals surface area contributed by atoms with Gasteiger partial charge < -0.3 is 24.9 Å². The molecule has 0 fully saturated rings. The van der Waals surface area contributed by atoms with E-state index in [4.69, 9.17) is 14.9 Å². The van der Waals surface area contributed by atoms with E-state index in [-0.39, 0.29) is 30.1 Å². The van der Waals surface area contributed by atoms with Crippen LogP contribution in [0.3, 0.4) is 0 Å². The molecule has 11 heteroatoms. The summed E-state index contributed by atoms with van der Waals surface area (Å²) < 4.78 is 10.1. The third-order valence-corrected chi connectivity index (χ3v) is 8.14. The Bertz CT molecular complexity index is 1680. The van der Waals surface area contributed by atoms with Crippen LogP contribution in [0.25, 0.3) is 0 Å². The molecule has 0 aliphatic carbocycles. The molecule has 0 saturated heterocycles. The second kappa shape index (κ2) is 14.2. The van der Waals surface area contributed by atoms with Gasteiger partial charge in [-0.25, -0.2) is 4.98 Å². The van der Waals surface area contributed by atoms with Crippen LogP contribution in [-0.4, -0.2) is 45.3 Å². The van der Waals surface area contributed by atoms with Crippen molar-refractivity contribution in [2.75, 3.05) is 24.1 Å². The van der Waals surface area contributed by atoms with Gasteiger partial charge >= 0.3 is 0 Å². The average molecular weight is 602 g/mol. The van der Waals surface area contributed by atoms with Gasteiger partial charge in [0.15, 0.2) is 5.82 Å². The molecule has 0 bridgehead atoms. The molecule has 0 saturated carbocycles. The summed E-state index contributed by atoms with van der Waals surface area (Å²) >= 11 is 1.41. The number of nitrogens with one attached hydrogen (secondary N) is 3. The van der Waals surface area contributed by atoms with E-state index in [1.807, 2.05) is 62.4 Å². The number of carbonyl (C=O) groups excluding carboxylic acids is 1. The lowest BCUT2D eigenvalue weighted by atomic mass is 10.1. The standard InChI is InChI=1S/C32H39N7O3S/c1-7-8-17-29-34-21(3)24(18-30(40)38(5)6)32(41)39(29)19-25(33)23-13-9-10-14-26(23)35-27-15-11-12-16-28(27)43-37-31-20(2)22(4)42-36-31/h9-16,33,35H,7-8,17-19H2,1-6H3,(H,36,37). The number of anilines is 3. The lowest BCUT2D eigenvalue weighted by Crippen LogP contribution is -2.35. The normalized spacial score (nSPS) is 10.9. The summed E-state index contributed by atoms with van der Waals surface area (Å²) in [4.78, 5) is 33.4. The number of unbranched alkanes of at least 4 members (excludes halogenated alkanes) is 1. The van der Waals surface area contributed by atoms with Crippen LogP contribution in [0.2, 0.25) is 0 Å². The topological polar surface area (TPSA) is 129 Å². The summed E-state index contributed by atoms with van der Waals surface area (Å²) in [6.07, 6.45) is 2.40. The van der Waals surface area contributed by atoms with E-state index in [0.29, 0.717) is 34.9 Å². The Balaban J connectivity index is 1.63. The molecule has 1 amide bonds. The quantitative estimate of drug-likeness (QED) is 0.125. The zero-order chi connectivity index (χ0) is 31.1. The van der Waals surface area contributed by atoms with Gasteiger partial charge in [-0.15, -0.1) is 0 Å². The van der Waals surface area contributed by atoms with Gasteiger partial charge in [0, 0.05) is 48.6 Å². The van der Waals surface area contributed by atoms with Crippen LogP contribution in [0.1, 0.15) is 53.7 Å². The Hall–Kier alpha value is -4.38. The van der Waals surface area contributed by atoms with Crippen molar-refractivity contribution in [2.45, 2.75) is 64.8 Å². The molecule has 2 heterocycles. The van der Waals surface area contributed by atoms with Crippen molar-refractivity contribution in [3.8, 4) is 0 Å². The number of likely N-dealkylation sites (N-methyl/N-ethyl adjacent to an activating group) is 1. The van der Waals surface area contributed by atoms with Gasteiger partial charge in [-0.3, -0.25) is 14.2 Å². The molecule has 2 aromatic heterocycles. The Labute approximate surface area is 256 Å². The molecule has 0 spiro atoms. The maximum absolute atomic E-state index is 13.8. The molecule has 0 unspecified atom stereocenters. The van der Waals surface area contributed by atoms with E-state index < -0.39 is 0 Å². The second-order valence-electron chi connectivity index (χ2n) is 10.6. The Morgan fingerprint density at radius 3 is 2.44 bits per heavy atom. The molecule has 226 valence electrons. The number of aryl methyl sites for hydroxylation is 3. The number of benzene rings is 2. The summed E-state index contributed by atoms with van der Waals surface area (Å²) in [5.74, 6) is 1.90. The molecular formula is C32H39N7O3S. The van der Waals surface area contributed by atoms with Gasteiger partial charge in [0.05, 0.1) is 29.3 Å². The van der Waals surface area contributed by atoms with Crippen LogP contribution in [0.5, 0.6) is 0 Å². The SMILES string of the molecule is CCCCc1nc(C)c(CC(=O)N(C)C)c(=O)n1CC(=N)c1ccccc1Nc1ccccc1SNc1noc(C)c1C. The Morgan fingerprint density at radius 1 is 1.07 bits per heavy atom. The predicted molar refractivity (Wildman–Crippen MR) is 173 cm³/mol. The van der Waals surface area contributed by atoms with Crippen LogP contribution in [0, 0.1) is 26.2 Å². The average Bonchev–Trinajstić information content (AvgIpc) is 3.31. The van der Waals surface area contributed by atoms with E-state index in [2.05, 4.69) is 22.1 Å². The van der Waals surface area contributed by atoms with Gasteiger partial charge in [0.25, 0.3) is 5.56 Å². The number of carbonyl (C=O) groups is 1. The molecule has 0 aliphatic rings. The smallest absolute Gasteiger partial charge is 0.257 e. The highest BCUT2D eigenvalue weighted by Crippen LogP contribution is 2.32. The molecule has 0 atom stereocenters. The molecule has 3 N–H and O–H groups in total. The van der Waals surface area contributed by atoms with Crippen LogP contribution in [0.15, 0.2) is 62.7 Å². The number of para-hydroxylation sites is 2. The fraction of sp³-hybridized carbons (Fsp3) is 0.344. The van der Waals surface area contributed by atoms with Gasteiger partial charge in [0.2, 0.25) is 5.91 Å². The van der Waals surface area contributed by atoms with E-state index in [0.717, 1.165) is 40.4 Å². The highest BCUT2D eigenvalue weighted by atomic mass is 32.2. The summed E-state index contributed by atoms with van der Waals surface area (Å²) in [7, 11) is 3.34. The van der Waals surface area contributed by atoms with E-state index >= 15 is 0 Å². The van der Waals surface area contributed by atoms with Crippen LogP contribution >= 0.6 is 11.9 Å². The zero-order valence-corrected chi connectivity index (χ0v) is 26.4. The molecule has 0 aliphatic heterocycles. The van der Waals surface area contributed by atoms with Crippen molar-refractivity contribution < 1.29 is 9.32 Å². The van der Waals surface area contributed by atoms with Crippen molar-refractivity contribution in [1.29, 1.82) is 5.41 Å². The highest BCUT2D eigenvalue weighted by molar-refractivity contribution is 8.00. The Kier molecular flexibility index (Phi) is 10.4. The first-order chi connectivity index (χ1) is 20.6. The van der Waals surface area contributed by atoms with Crippen molar-refractivity contribution >= 4 is 40.8 Å². The third kappa shape index (κ3) is 7.53. The zero-order valence-electron chi connectivity index (χ0n) is 25.6. The molecule has 10 nitrogen and oxygen atoms in total. The van der Waals surface area contributed by atoms with Gasteiger partial charge in [-0.05, 0) is 57.3 Å². The molecule has 0 radical (unpaired) electrons. The van der Waals surface area contributed by atoms with Crippen LogP contribution < -0.4 is 15.6 Å². The summed E-state index contributed by atoms with van der Waals surface area (Å²) in [5, 5.41) is 16.7. The van der Waals surface area contributed by atoms with E-state index in [1.54, 1.807) is 25.6 Å². The van der Waals surface area contributed by atoms with Gasteiger partial charge in [-0.2, -0.15) is 0 Å². The summed E-state index contributed by atoms with van der Waals surface area (Å²) in [6.45, 7) is 7.72. The fourth-order valence-electron chi connectivity index (χ4n) is 4.48. The van der Waals surface area contributed by atoms with E-state index in [9.17, 15) is 9.59 Å². The first-order valence-electron chi connectivity index (χ1n) is 14.3. The molecule has 2 aromatic carbocycles. The van der Waals surface area contributed by atoms with E-state index in [1.165, 1.54) is 16.8 Å². The highest BCUT2D eigenvalue weighted by Gasteiger charge is 2.20. The van der Waals surface area contributed by atoms with Crippen molar-refractivity contribution in [3.05, 3.63) is 92.9 Å². The minimum atomic E-state index is -0.268. The minimum Gasteiger partial charge on any atom is -0.359 e. The number of hydrogen-bond donors (Lipinski definition) is 3. The predicted octanol–water partition coefficient (Wildman–Crippen LogP) is 6.06. The monoisotopic (exact) mass is 601 g/mol. The van der Waals surface area contributed by atoms with Crippen LogP contribution in [0.4, 0.5) is 17.2 Å². The van der Waals surface area contributed by atoms with Gasteiger partial charge in [0.1, 0.15) is 11.6 Å². The van der Waals surface area contributed by atoms with Crippen LogP contribution in [-0.2, 0) is 24.2 Å². The van der Waals surface area contributed by atoms with Crippen molar-refractivity contribution in [3.63, 3.8) is 0 Å². The summed E-state index contributed by atoms with van der Waals surface area (Å²) in [6, 6.07) is 15.4. The number of aromatic nitrogens is 3. The number of nitrogens with zero attached hydrogens (tertiary/aromatic N) is 4. The van der Waals surface area contributed by atoms with Crippen molar-refractivity contribution in [1.82, 2.24) is 19.6 Å². The maximum Gasteiger partial charge on any atom is 0.257 e.